The molecule has 0 rings (SSSR count). The lowest BCUT2D eigenvalue weighted by molar-refractivity contribution is -0.123. The van der Waals surface area contributed by atoms with E-state index in [0.29, 0.717) is 6.42 Å². The molecule has 2 unspecified atom stereocenters. The number of aliphatic hydroxyl groups excluding tert-OH is 2. The number of nitrogens with one attached hydrogen (secondary N) is 1. The molecule has 0 aliphatic carbocycles. The van der Waals surface area contributed by atoms with Gasteiger partial charge in [0.1, 0.15) is 0 Å². The number of allylic oxidation sites excluding steroid dienone is 3. The Morgan fingerprint density at radius 1 is 0.411 bits per heavy atom. The zero-order valence-electron chi connectivity index (χ0n) is 38.2. The highest BCUT2D eigenvalue weighted by molar-refractivity contribution is 5.76. The van der Waals surface area contributed by atoms with E-state index in [1.807, 2.05) is 6.08 Å². The second kappa shape index (κ2) is 48.2. The van der Waals surface area contributed by atoms with Crippen molar-refractivity contribution in [2.24, 2.45) is 0 Å². The molecule has 0 heterocycles. The predicted octanol–water partition coefficient (Wildman–Crippen LogP) is 16.4. The highest BCUT2D eigenvalue weighted by atomic mass is 16.3. The Kier molecular flexibility index (Phi) is 47.3. The molecule has 0 aromatic heterocycles. The van der Waals surface area contributed by atoms with Gasteiger partial charge in [-0.05, 0) is 32.1 Å². The molecule has 0 aromatic carbocycles. The molecular weight excluding hydrogens is 687 g/mol. The Morgan fingerprint density at radius 2 is 0.696 bits per heavy atom. The molecule has 3 N–H and O–H groups in total. The van der Waals surface area contributed by atoms with Gasteiger partial charge in [-0.25, -0.2) is 0 Å². The van der Waals surface area contributed by atoms with Gasteiger partial charge in [-0.1, -0.05) is 269 Å². The number of amides is 1. The third-order valence-corrected chi connectivity index (χ3v) is 11.9. The average Bonchev–Trinajstić information content (AvgIpc) is 3.20. The topological polar surface area (TPSA) is 69.6 Å². The lowest BCUT2D eigenvalue weighted by Crippen LogP contribution is -2.45. The van der Waals surface area contributed by atoms with Crippen molar-refractivity contribution in [1.82, 2.24) is 5.32 Å². The van der Waals surface area contributed by atoms with E-state index < -0.39 is 12.1 Å². The summed E-state index contributed by atoms with van der Waals surface area (Å²) in [5, 5.41) is 23.1. The number of unbranched alkanes of at least 4 members (excludes halogenated alkanes) is 38. The summed E-state index contributed by atoms with van der Waals surface area (Å²) in [4.78, 5) is 12.4. The normalized spacial score (nSPS) is 13.0. The second-order valence-corrected chi connectivity index (χ2v) is 17.6. The Labute approximate surface area is 351 Å². The molecule has 4 heteroatoms. The molecular formula is C52H101NO3. The fraction of sp³-hybridized carbons (Fsp3) is 0.904. The van der Waals surface area contributed by atoms with Crippen LogP contribution in [0.1, 0.15) is 284 Å². The maximum Gasteiger partial charge on any atom is 0.220 e. The van der Waals surface area contributed by atoms with Crippen LogP contribution in [-0.4, -0.2) is 34.9 Å². The first-order valence-electron chi connectivity index (χ1n) is 25.6. The zero-order valence-corrected chi connectivity index (χ0v) is 38.2. The third-order valence-electron chi connectivity index (χ3n) is 11.9. The van der Waals surface area contributed by atoms with E-state index in [1.54, 1.807) is 6.08 Å². The molecule has 0 aliphatic heterocycles. The van der Waals surface area contributed by atoms with Crippen LogP contribution < -0.4 is 5.32 Å². The monoisotopic (exact) mass is 788 g/mol. The fourth-order valence-corrected chi connectivity index (χ4v) is 8.02. The van der Waals surface area contributed by atoms with Crippen LogP contribution in [0, 0.1) is 0 Å². The molecule has 0 aromatic rings. The van der Waals surface area contributed by atoms with Gasteiger partial charge in [0.05, 0.1) is 18.8 Å². The van der Waals surface area contributed by atoms with Gasteiger partial charge >= 0.3 is 0 Å². The van der Waals surface area contributed by atoms with Gasteiger partial charge in [0, 0.05) is 6.42 Å². The summed E-state index contributed by atoms with van der Waals surface area (Å²) in [6.45, 7) is 4.33. The van der Waals surface area contributed by atoms with Gasteiger partial charge < -0.3 is 15.5 Å². The minimum Gasteiger partial charge on any atom is -0.394 e. The molecule has 56 heavy (non-hydrogen) atoms. The van der Waals surface area contributed by atoms with E-state index in [0.717, 1.165) is 32.1 Å². The van der Waals surface area contributed by atoms with Crippen molar-refractivity contribution in [1.29, 1.82) is 0 Å². The van der Waals surface area contributed by atoms with E-state index in [9.17, 15) is 15.0 Å². The minimum atomic E-state index is -0.859. The van der Waals surface area contributed by atoms with Crippen molar-refractivity contribution in [3.8, 4) is 0 Å². The van der Waals surface area contributed by atoms with Crippen molar-refractivity contribution in [3.63, 3.8) is 0 Å². The van der Waals surface area contributed by atoms with Crippen LogP contribution in [0.5, 0.6) is 0 Å². The molecule has 0 fully saturated rings. The van der Waals surface area contributed by atoms with E-state index in [1.165, 1.54) is 231 Å². The van der Waals surface area contributed by atoms with Gasteiger partial charge in [0.15, 0.2) is 0 Å². The average molecular weight is 788 g/mol. The van der Waals surface area contributed by atoms with Crippen LogP contribution in [0.4, 0.5) is 0 Å². The first-order chi connectivity index (χ1) is 27.7. The summed E-state index contributed by atoms with van der Waals surface area (Å²) in [5.74, 6) is -0.0680. The number of hydrogen-bond acceptors (Lipinski definition) is 3. The van der Waals surface area contributed by atoms with Crippen LogP contribution >= 0.6 is 0 Å². The maximum atomic E-state index is 12.4. The Bertz CT molecular complexity index is 810. The summed E-state index contributed by atoms with van der Waals surface area (Å²) in [5.41, 5.74) is 0. The quantitative estimate of drug-likeness (QED) is 0.0425. The van der Waals surface area contributed by atoms with Gasteiger partial charge in [-0.15, -0.1) is 0 Å². The molecule has 0 spiro atoms. The standard InChI is InChI=1S/C52H101NO3/c1-3-5-7-9-11-13-15-17-19-21-23-25-26-28-29-31-33-35-37-39-41-43-45-47-51(55)50(49-54)53-52(56)48-46-44-42-40-38-36-34-32-30-27-24-22-20-18-16-14-12-10-8-6-4-2/h37,39,45,47,50-51,54-55H,3-36,38,40-44,46,48-49H2,1-2H3,(H,53,56)/b39-37+,47-45+. The highest BCUT2D eigenvalue weighted by Crippen LogP contribution is 2.17. The lowest BCUT2D eigenvalue weighted by Gasteiger charge is -2.19. The molecule has 4 nitrogen and oxygen atoms in total. The van der Waals surface area contributed by atoms with Gasteiger partial charge in [-0.3, -0.25) is 4.79 Å². The van der Waals surface area contributed by atoms with Crippen molar-refractivity contribution in [2.45, 2.75) is 296 Å². The number of aliphatic hydroxyl groups is 2. The van der Waals surface area contributed by atoms with E-state index in [-0.39, 0.29) is 12.5 Å². The van der Waals surface area contributed by atoms with Crippen molar-refractivity contribution in [3.05, 3.63) is 24.3 Å². The second-order valence-electron chi connectivity index (χ2n) is 17.6. The number of carbonyl (C=O) groups is 1. The van der Waals surface area contributed by atoms with Crippen LogP contribution in [0.3, 0.4) is 0 Å². The Hall–Kier alpha value is -1.13. The minimum absolute atomic E-state index is 0.0680. The largest absolute Gasteiger partial charge is 0.394 e. The first-order valence-corrected chi connectivity index (χ1v) is 25.6. The van der Waals surface area contributed by atoms with Crippen LogP contribution in [0.2, 0.25) is 0 Å². The molecule has 0 saturated heterocycles. The molecule has 0 aliphatic rings. The number of hydrogen-bond donors (Lipinski definition) is 3. The summed E-state index contributed by atoms with van der Waals surface area (Å²) in [7, 11) is 0. The predicted molar refractivity (Wildman–Crippen MR) is 249 cm³/mol. The molecule has 2 atom stereocenters. The summed E-state index contributed by atoms with van der Waals surface area (Å²) >= 11 is 0. The summed E-state index contributed by atoms with van der Waals surface area (Å²) < 4.78 is 0. The highest BCUT2D eigenvalue weighted by Gasteiger charge is 2.17. The lowest BCUT2D eigenvalue weighted by atomic mass is 10.0. The first kappa shape index (κ1) is 54.9. The van der Waals surface area contributed by atoms with Crippen molar-refractivity contribution >= 4 is 5.91 Å². The number of carbonyl (C=O) groups excluding carboxylic acids is 1. The Morgan fingerprint density at radius 3 is 1.04 bits per heavy atom. The molecule has 1 amide bonds. The van der Waals surface area contributed by atoms with Gasteiger partial charge in [-0.2, -0.15) is 0 Å². The van der Waals surface area contributed by atoms with Crippen molar-refractivity contribution < 1.29 is 15.0 Å². The molecule has 0 radical (unpaired) electrons. The molecule has 0 saturated carbocycles. The van der Waals surface area contributed by atoms with Crippen molar-refractivity contribution in [2.75, 3.05) is 6.61 Å². The number of rotatable bonds is 47. The summed E-state index contributed by atoms with van der Waals surface area (Å²) in [6.07, 6.45) is 63.2. The zero-order chi connectivity index (χ0) is 40.7. The van der Waals surface area contributed by atoms with Gasteiger partial charge in [0.2, 0.25) is 5.91 Å². The summed E-state index contributed by atoms with van der Waals surface area (Å²) in [6, 6.07) is -0.635. The van der Waals surface area contributed by atoms with Crippen LogP contribution in [0.25, 0.3) is 0 Å². The van der Waals surface area contributed by atoms with E-state index >= 15 is 0 Å². The van der Waals surface area contributed by atoms with Crippen LogP contribution in [-0.2, 0) is 4.79 Å². The van der Waals surface area contributed by atoms with Crippen LogP contribution in [0.15, 0.2) is 24.3 Å². The van der Waals surface area contributed by atoms with Gasteiger partial charge in [0.25, 0.3) is 0 Å². The Balaban J connectivity index is 3.53. The van der Waals surface area contributed by atoms with E-state index in [2.05, 4.69) is 31.3 Å². The molecule has 332 valence electrons. The maximum absolute atomic E-state index is 12.4. The fourth-order valence-electron chi connectivity index (χ4n) is 8.02. The molecule has 0 bridgehead atoms. The smallest absolute Gasteiger partial charge is 0.220 e. The SMILES string of the molecule is CCCCCCCCCCCCCCCCCCC/C=C/CC/C=C/C(O)C(CO)NC(=O)CCCCCCCCCCCCCCCCCCCCCCC. The van der Waals surface area contributed by atoms with E-state index in [4.69, 9.17) is 0 Å². The third kappa shape index (κ3) is 44.0.